The molecule has 1 amide bonds. The number of carbonyl (C=O) groups is 1. The van der Waals surface area contributed by atoms with Gasteiger partial charge in [-0.15, -0.1) is 0 Å². The first kappa shape index (κ1) is 14.5. The van der Waals surface area contributed by atoms with E-state index in [1.807, 2.05) is 31.2 Å². The molecule has 1 aliphatic carbocycles. The number of imidazole rings is 1. The van der Waals surface area contributed by atoms with E-state index in [1.165, 1.54) is 5.57 Å². The Hall–Kier alpha value is -2.43. The summed E-state index contributed by atoms with van der Waals surface area (Å²) in [5.41, 5.74) is 7.34. The fraction of sp³-hybridized carbons (Fsp3) is 0.353. The molecule has 1 aromatic heterocycles. The van der Waals surface area contributed by atoms with Crippen molar-refractivity contribution in [2.75, 3.05) is 0 Å². The average molecular weight is 296 g/mol. The molecule has 3 rings (SSSR count). The molecule has 0 bridgehead atoms. The molecule has 0 spiro atoms. The Bertz CT molecular complexity index is 798. The topological polar surface area (TPSA) is 59.3 Å². The summed E-state index contributed by atoms with van der Waals surface area (Å²) < 4.78 is 2.13. The van der Waals surface area contributed by atoms with Crippen molar-refractivity contribution in [3.8, 4) is 0 Å². The van der Waals surface area contributed by atoms with E-state index in [4.69, 9.17) is 0 Å². The van der Waals surface area contributed by atoms with E-state index in [2.05, 4.69) is 33.9 Å². The van der Waals surface area contributed by atoms with E-state index in [0.717, 1.165) is 42.0 Å². The third-order valence-corrected chi connectivity index (χ3v) is 4.01. The summed E-state index contributed by atoms with van der Waals surface area (Å²) in [4.78, 5) is 16.7. The molecule has 0 aliphatic heterocycles. The van der Waals surface area contributed by atoms with Crippen molar-refractivity contribution in [1.29, 1.82) is 0 Å². The standard InChI is InChI=1S/C17H20N4O/c1-4-21-12(3)18-15-10-13(6-8-16(15)21)17(22)20-19-14-7-5-11(2)9-14/h6,8-10H,4-5,7H2,1-3H3,(H,20,22). The second-order valence-corrected chi connectivity index (χ2v) is 5.64. The minimum absolute atomic E-state index is 0.198. The van der Waals surface area contributed by atoms with Gasteiger partial charge in [0.25, 0.3) is 5.91 Å². The Balaban J connectivity index is 1.82. The molecule has 1 aliphatic rings. The minimum Gasteiger partial charge on any atom is -0.329 e. The van der Waals surface area contributed by atoms with Gasteiger partial charge in [-0.2, -0.15) is 5.10 Å². The Morgan fingerprint density at radius 2 is 2.18 bits per heavy atom. The average Bonchev–Trinajstić information content (AvgIpc) is 3.06. The number of rotatable bonds is 3. The number of hydrogen-bond acceptors (Lipinski definition) is 3. The second kappa shape index (κ2) is 5.75. The summed E-state index contributed by atoms with van der Waals surface area (Å²) in [6, 6.07) is 5.58. The lowest BCUT2D eigenvalue weighted by Gasteiger charge is -2.03. The van der Waals surface area contributed by atoms with Gasteiger partial charge in [0.15, 0.2) is 0 Å². The molecular formula is C17H20N4O. The SMILES string of the molecule is CCn1c(C)nc2cc(C(=O)NN=C3C=C(C)CC3)ccc21. The molecule has 1 heterocycles. The Morgan fingerprint density at radius 1 is 1.36 bits per heavy atom. The van der Waals surface area contributed by atoms with Crippen LogP contribution < -0.4 is 5.43 Å². The Labute approximate surface area is 129 Å². The number of hydrazone groups is 1. The molecule has 1 N–H and O–H groups in total. The van der Waals surface area contributed by atoms with Gasteiger partial charge in [-0.25, -0.2) is 10.4 Å². The summed E-state index contributed by atoms with van der Waals surface area (Å²) >= 11 is 0. The van der Waals surface area contributed by atoms with Crippen LogP contribution in [-0.4, -0.2) is 21.2 Å². The van der Waals surface area contributed by atoms with Gasteiger partial charge in [0, 0.05) is 12.1 Å². The predicted octanol–water partition coefficient (Wildman–Crippen LogP) is 3.19. The predicted molar refractivity (Wildman–Crippen MR) is 88.0 cm³/mol. The second-order valence-electron chi connectivity index (χ2n) is 5.64. The fourth-order valence-corrected chi connectivity index (χ4v) is 2.82. The quantitative estimate of drug-likeness (QED) is 0.884. The number of aryl methyl sites for hydroxylation is 2. The van der Waals surface area contributed by atoms with E-state index in [0.29, 0.717) is 5.56 Å². The van der Waals surface area contributed by atoms with Crippen LogP contribution in [0.25, 0.3) is 11.0 Å². The van der Waals surface area contributed by atoms with Crippen molar-refractivity contribution >= 4 is 22.7 Å². The molecule has 22 heavy (non-hydrogen) atoms. The maximum Gasteiger partial charge on any atom is 0.271 e. The molecule has 0 saturated carbocycles. The van der Waals surface area contributed by atoms with Crippen LogP contribution in [0.5, 0.6) is 0 Å². The highest BCUT2D eigenvalue weighted by Crippen LogP contribution is 2.18. The van der Waals surface area contributed by atoms with Crippen LogP contribution in [-0.2, 0) is 6.54 Å². The van der Waals surface area contributed by atoms with Gasteiger partial charge in [-0.1, -0.05) is 5.57 Å². The highest BCUT2D eigenvalue weighted by Gasteiger charge is 2.11. The number of hydrogen-bond donors (Lipinski definition) is 1. The van der Waals surface area contributed by atoms with E-state index >= 15 is 0 Å². The van der Waals surface area contributed by atoms with E-state index in [9.17, 15) is 4.79 Å². The van der Waals surface area contributed by atoms with Crippen LogP contribution in [0.4, 0.5) is 0 Å². The monoisotopic (exact) mass is 296 g/mol. The minimum atomic E-state index is -0.198. The van der Waals surface area contributed by atoms with Crippen molar-refractivity contribution in [2.24, 2.45) is 5.10 Å². The summed E-state index contributed by atoms with van der Waals surface area (Å²) in [7, 11) is 0. The molecule has 0 saturated heterocycles. The summed E-state index contributed by atoms with van der Waals surface area (Å²) in [5.74, 6) is 0.762. The van der Waals surface area contributed by atoms with Gasteiger partial charge in [-0.3, -0.25) is 4.79 Å². The van der Waals surface area contributed by atoms with Crippen LogP contribution in [0, 0.1) is 6.92 Å². The fourth-order valence-electron chi connectivity index (χ4n) is 2.82. The smallest absolute Gasteiger partial charge is 0.271 e. The van der Waals surface area contributed by atoms with E-state index in [-0.39, 0.29) is 5.91 Å². The molecule has 0 unspecified atom stereocenters. The van der Waals surface area contributed by atoms with Gasteiger partial charge < -0.3 is 4.57 Å². The zero-order chi connectivity index (χ0) is 15.7. The first-order valence-corrected chi connectivity index (χ1v) is 7.59. The number of fused-ring (bicyclic) bond motifs is 1. The molecule has 1 aromatic carbocycles. The molecule has 2 aromatic rings. The lowest BCUT2D eigenvalue weighted by atomic mass is 10.2. The van der Waals surface area contributed by atoms with Crippen molar-refractivity contribution in [3.05, 3.63) is 41.2 Å². The van der Waals surface area contributed by atoms with Crippen molar-refractivity contribution in [1.82, 2.24) is 15.0 Å². The van der Waals surface area contributed by atoms with Crippen LogP contribution in [0.15, 0.2) is 34.9 Å². The number of aromatic nitrogens is 2. The van der Waals surface area contributed by atoms with Crippen molar-refractivity contribution in [3.63, 3.8) is 0 Å². The molecule has 0 fully saturated rings. The number of carbonyl (C=O) groups excluding carboxylic acids is 1. The van der Waals surface area contributed by atoms with Crippen molar-refractivity contribution in [2.45, 2.75) is 40.2 Å². The van der Waals surface area contributed by atoms with E-state index in [1.54, 1.807) is 0 Å². The number of nitrogens with zero attached hydrogens (tertiary/aromatic N) is 3. The van der Waals surface area contributed by atoms with Crippen LogP contribution in [0.2, 0.25) is 0 Å². The Morgan fingerprint density at radius 3 is 2.86 bits per heavy atom. The number of nitrogens with one attached hydrogen (secondary N) is 1. The zero-order valence-electron chi connectivity index (χ0n) is 13.2. The largest absolute Gasteiger partial charge is 0.329 e. The van der Waals surface area contributed by atoms with Crippen LogP contribution in [0.3, 0.4) is 0 Å². The summed E-state index contributed by atoms with van der Waals surface area (Å²) in [6.07, 6.45) is 3.94. The van der Waals surface area contributed by atoms with Crippen LogP contribution >= 0.6 is 0 Å². The van der Waals surface area contributed by atoms with Gasteiger partial charge in [-0.05, 0) is 57.9 Å². The number of amides is 1. The number of allylic oxidation sites excluding steroid dienone is 2. The number of benzene rings is 1. The van der Waals surface area contributed by atoms with Gasteiger partial charge in [0.1, 0.15) is 5.82 Å². The van der Waals surface area contributed by atoms with E-state index < -0.39 is 0 Å². The third-order valence-electron chi connectivity index (χ3n) is 4.01. The molecule has 114 valence electrons. The Kier molecular flexibility index (Phi) is 3.79. The van der Waals surface area contributed by atoms with Gasteiger partial charge in [0.05, 0.1) is 16.7 Å². The molecule has 0 radical (unpaired) electrons. The highest BCUT2D eigenvalue weighted by atomic mass is 16.2. The maximum absolute atomic E-state index is 12.2. The summed E-state index contributed by atoms with van der Waals surface area (Å²) in [5, 5.41) is 4.18. The first-order chi connectivity index (χ1) is 10.6. The first-order valence-electron chi connectivity index (χ1n) is 7.59. The van der Waals surface area contributed by atoms with Crippen molar-refractivity contribution < 1.29 is 4.79 Å². The molecular weight excluding hydrogens is 276 g/mol. The van der Waals surface area contributed by atoms with Gasteiger partial charge >= 0.3 is 0 Å². The highest BCUT2D eigenvalue weighted by molar-refractivity contribution is 6.01. The van der Waals surface area contributed by atoms with Crippen LogP contribution in [0.1, 0.15) is 42.9 Å². The summed E-state index contributed by atoms with van der Waals surface area (Å²) in [6.45, 7) is 7.00. The lowest BCUT2D eigenvalue weighted by molar-refractivity contribution is 0.0955. The normalized spacial score (nSPS) is 16.3. The maximum atomic E-state index is 12.2. The molecule has 0 atom stereocenters. The third kappa shape index (κ3) is 2.66. The van der Waals surface area contributed by atoms with Gasteiger partial charge in [0.2, 0.25) is 0 Å². The molecule has 5 nitrogen and oxygen atoms in total. The lowest BCUT2D eigenvalue weighted by Crippen LogP contribution is -2.18. The zero-order valence-corrected chi connectivity index (χ0v) is 13.2. The molecule has 5 heteroatoms.